The van der Waals surface area contributed by atoms with Crippen molar-refractivity contribution in [2.45, 2.75) is 46.2 Å². The van der Waals surface area contributed by atoms with E-state index in [1.165, 1.54) is 5.56 Å². The van der Waals surface area contributed by atoms with Crippen LogP contribution in [0, 0.1) is 5.92 Å². The number of rotatable bonds is 6. The van der Waals surface area contributed by atoms with Gasteiger partial charge in [0.2, 0.25) is 5.91 Å². The van der Waals surface area contributed by atoms with Crippen molar-refractivity contribution in [2.75, 3.05) is 25.0 Å². The number of anilines is 1. The van der Waals surface area contributed by atoms with Gasteiger partial charge in [0.15, 0.2) is 0 Å². The molecule has 22 heavy (non-hydrogen) atoms. The van der Waals surface area contributed by atoms with E-state index in [4.69, 9.17) is 0 Å². The van der Waals surface area contributed by atoms with Crippen LogP contribution in [0.2, 0.25) is 0 Å². The SMILES string of the molecule is CCN(CC)Cc1cccc(NC(=O)C2CC(C)CCN2)c1. The first-order chi connectivity index (χ1) is 10.6. The molecule has 2 atom stereocenters. The highest BCUT2D eigenvalue weighted by Gasteiger charge is 2.24. The van der Waals surface area contributed by atoms with Crippen LogP contribution >= 0.6 is 0 Å². The maximum absolute atomic E-state index is 12.4. The highest BCUT2D eigenvalue weighted by Crippen LogP contribution is 2.18. The molecule has 122 valence electrons. The van der Waals surface area contributed by atoms with Crippen molar-refractivity contribution in [3.05, 3.63) is 29.8 Å². The monoisotopic (exact) mass is 303 g/mol. The molecule has 1 fully saturated rings. The zero-order chi connectivity index (χ0) is 15.9. The van der Waals surface area contributed by atoms with Gasteiger partial charge in [-0.1, -0.05) is 32.9 Å². The number of nitrogens with zero attached hydrogens (tertiary/aromatic N) is 1. The van der Waals surface area contributed by atoms with Gasteiger partial charge in [-0.15, -0.1) is 0 Å². The van der Waals surface area contributed by atoms with Gasteiger partial charge in [0.05, 0.1) is 6.04 Å². The Hall–Kier alpha value is -1.39. The van der Waals surface area contributed by atoms with Gasteiger partial charge in [0.1, 0.15) is 0 Å². The third-order valence-electron chi connectivity index (χ3n) is 4.48. The Labute approximate surface area is 134 Å². The van der Waals surface area contributed by atoms with Gasteiger partial charge >= 0.3 is 0 Å². The van der Waals surface area contributed by atoms with E-state index in [-0.39, 0.29) is 11.9 Å². The van der Waals surface area contributed by atoms with Crippen molar-refractivity contribution in [3.63, 3.8) is 0 Å². The summed E-state index contributed by atoms with van der Waals surface area (Å²) in [4.78, 5) is 14.7. The summed E-state index contributed by atoms with van der Waals surface area (Å²) in [6.45, 7) is 10.5. The van der Waals surface area contributed by atoms with Gasteiger partial charge in [-0.25, -0.2) is 0 Å². The number of carbonyl (C=O) groups excluding carboxylic acids is 1. The third kappa shape index (κ3) is 4.82. The second-order valence-electron chi connectivity index (χ2n) is 6.29. The van der Waals surface area contributed by atoms with Crippen molar-refractivity contribution in [1.82, 2.24) is 10.2 Å². The maximum Gasteiger partial charge on any atom is 0.241 e. The first kappa shape index (κ1) is 17.0. The average molecular weight is 303 g/mol. The molecule has 1 heterocycles. The van der Waals surface area contributed by atoms with Crippen LogP contribution in [0.3, 0.4) is 0 Å². The van der Waals surface area contributed by atoms with Crippen molar-refractivity contribution in [3.8, 4) is 0 Å². The second-order valence-corrected chi connectivity index (χ2v) is 6.29. The molecule has 0 aromatic heterocycles. The lowest BCUT2D eigenvalue weighted by atomic mass is 9.94. The summed E-state index contributed by atoms with van der Waals surface area (Å²) in [5, 5.41) is 6.38. The zero-order valence-corrected chi connectivity index (χ0v) is 14.1. The highest BCUT2D eigenvalue weighted by molar-refractivity contribution is 5.94. The summed E-state index contributed by atoms with van der Waals surface area (Å²) in [6.07, 6.45) is 2.08. The normalized spacial score (nSPS) is 21.8. The predicted molar refractivity (Wildman–Crippen MR) is 91.9 cm³/mol. The molecule has 0 bridgehead atoms. The molecule has 1 amide bonds. The number of nitrogens with one attached hydrogen (secondary N) is 2. The van der Waals surface area contributed by atoms with E-state index in [0.29, 0.717) is 5.92 Å². The molecule has 1 aromatic carbocycles. The first-order valence-electron chi connectivity index (χ1n) is 8.47. The van der Waals surface area contributed by atoms with Crippen molar-refractivity contribution >= 4 is 11.6 Å². The number of carbonyl (C=O) groups is 1. The summed E-state index contributed by atoms with van der Waals surface area (Å²) in [5.74, 6) is 0.706. The first-order valence-corrected chi connectivity index (χ1v) is 8.47. The number of hydrogen-bond acceptors (Lipinski definition) is 3. The van der Waals surface area contributed by atoms with E-state index < -0.39 is 0 Å². The molecule has 2 N–H and O–H groups in total. The third-order valence-corrected chi connectivity index (χ3v) is 4.48. The molecule has 1 aliphatic heterocycles. The van der Waals surface area contributed by atoms with Crippen LogP contribution in [0.5, 0.6) is 0 Å². The van der Waals surface area contributed by atoms with Gasteiger partial charge in [0, 0.05) is 12.2 Å². The minimum Gasteiger partial charge on any atom is -0.325 e. The largest absolute Gasteiger partial charge is 0.325 e. The van der Waals surface area contributed by atoms with E-state index in [2.05, 4.69) is 48.4 Å². The predicted octanol–water partition coefficient (Wildman–Crippen LogP) is 2.86. The topological polar surface area (TPSA) is 44.4 Å². The molecule has 2 unspecified atom stereocenters. The molecular weight excluding hydrogens is 274 g/mol. The van der Waals surface area contributed by atoms with Gasteiger partial charge in [-0.3, -0.25) is 9.69 Å². The van der Waals surface area contributed by atoms with E-state index in [0.717, 1.165) is 44.7 Å². The van der Waals surface area contributed by atoms with E-state index in [1.807, 2.05) is 12.1 Å². The summed E-state index contributed by atoms with van der Waals surface area (Å²) in [6, 6.07) is 8.13. The van der Waals surface area contributed by atoms with Gasteiger partial charge < -0.3 is 10.6 Å². The molecule has 1 saturated heterocycles. The molecule has 1 aromatic rings. The van der Waals surface area contributed by atoms with Crippen LogP contribution in [0.4, 0.5) is 5.69 Å². The fraction of sp³-hybridized carbons (Fsp3) is 0.611. The van der Waals surface area contributed by atoms with Crippen LogP contribution in [0.25, 0.3) is 0 Å². The molecule has 2 rings (SSSR count). The molecule has 1 aliphatic rings. The van der Waals surface area contributed by atoms with E-state index in [1.54, 1.807) is 0 Å². The van der Waals surface area contributed by atoms with Crippen molar-refractivity contribution in [1.29, 1.82) is 0 Å². The fourth-order valence-electron chi connectivity index (χ4n) is 2.99. The average Bonchev–Trinajstić information content (AvgIpc) is 2.53. The lowest BCUT2D eigenvalue weighted by Gasteiger charge is -2.27. The second kappa shape index (κ2) is 8.30. The van der Waals surface area contributed by atoms with E-state index >= 15 is 0 Å². The fourth-order valence-corrected chi connectivity index (χ4v) is 2.99. The Morgan fingerprint density at radius 2 is 2.14 bits per heavy atom. The summed E-state index contributed by atoms with van der Waals surface area (Å²) >= 11 is 0. The smallest absolute Gasteiger partial charge is 0.241 e. The summed E-state index contributed by atoms with van der Waals surface area (Å²) < 4.78 is 0. The minimum absolute atomic E-state index is 0.0600. The Morgan fingerprint density at radius 3 is 2.82 bits per heavy atom. The Kier molecular flexibility index (Phi) is 6.40. The molecule has 0 spiro atoms. The lowest BCUT2D eigenvalue weighted by molar-refractivity contribution is -0.119. The van der Waals surface area contributed by atoms with Crippen molar-refractivity contribution in [2.24, 2.45) is 5.92 Å². The van der Waals surface area contributed by atoms with Crippen LogP contribution in [-0.2, 0) is 11.3 Å². The standard InChI is InChI=1S/C18H29N3O/c1-4-21(5-2)13-15-7-6-8-16(12-15)20-18(22)17-11-14(3)9-10-19-17/h6-8,12,14,17,19H,4-5,9-11,13H2,1-3H3,(H,20,22). The van der Waals surface area contributed by atoms with Crippen LogP contribution in [0.1, 0.15) is 39.2 Å². The molecule has 4 heteroatoms. The Balaban J connectivity index is 1.96. The molecule has 0 radical (unpaired) electrons. The highest BCUT2D eigenvalue weighted by atomic mass is 16.2. The lowest BCUT2D eigenvalue weighted by Crippen LogP contribution is -2.45. The quantitative estimate of drug-likeness (QED) is 0.849. The van der Waals surface area contributed by atoms with Gasteiger partial charge in [0.25, 0.3) is 0 Å². The minimum atomic E-state index is -0.0600. The molecule has 0 aliphatic carbocycles. The molecule has 4 nitrogen and oxygen atoms in total. The number of piperidine rings is 1. The van der Waals surface area contributed by atoms with Crippen LogP contribution in [-0.4, -0.2) is 36.5 Å². The molecule has 0 saturated carbocycles. The van der Waals surface area contributed by atoms with Gasteiger partial charge in [-0.05, 0) is 56.1 Å². The van der Waals surface area contributed by atoms with Crippen LogP contribution in [0.15, 0.2) is 24.3 Å². The zero-order valence-electron chi connectivity index (χ0n) is 14.1. The van der Waals surface area contributed by atoms with E-state index in [9.17, 15) is 4.79 Å². The Bertz CT molecular complexity index is 485. The summed E-state index contributed by atoms with van der Waals surface area (Å²) in [5.41, 5.74) is 2.14. The Morgan fingerprint density at radius 1 is 1.36 bits per heavy atom. The summed E-state index contributed by atoms with van der Waals surface area (Å²) in [7, 11) is 0. The number of amides is 1. The molecular formula is C18H29N3O. The van der Waals surface area contributed by atoms with Crippen LogP contribution < -0.4 is 10.6 Å². The van der Waals surface area contributed by atoms with Crippen molar-refractivity contribution < 1.29 is 4.79 Å². The number of hydrogen-bond donors (Lipinski definition) is 2. The number of benzene rings is 1. The van der Waals surface area contributed by atoms with Gasteiger partial charge in [-0.2, -0.15) is 0 Å². The maximum atomic E-state index is 12.4.